The van der Waals surface area contributed by atoms with Crippen molar-refractivity contribution in [1.29, 1.82) is 0 Å². The molecule has 128 valence electrons. The molecule has 2 fully saturated rings. The average Bonchev–Trinajstić information content (AvgIpc) is 3.10. The van der Waals surface area contributed by atoms with Crippen LogP contribution in [0, 0.1) is 12.8 Å². The summed E-state index contributed by atoms with van der Waals surface area (Å²) in [7, 11) is 0. The van der Waals surface area contributed by atoms with Gasteiger partial charge in [-0.2, -0.15) is 0 Å². The molecule has 4 rings (SSSR count). The normalized spacial score (nSPS) is 20.1. The number of carbonyl (C=O) groups excluding carboxylic acids is 1. The van der Waals surface area contributed by atoms with E-state index < -0.39 is 0 Å². The highest BCUT2D eigenvalue weighted by atomic mass is 32.1. The summed E-state index contributed by atoms with van der Waals surface area (Å²) >= 11 is 1.70. The number of carbonyl (C=O) groups is 1. The molecule has 1 aliphatic carbocycles. The molecule has 0 radical (unpaired) electrons. The lowest BCUT2D eigenvalue weighted by molar-refractivity contribution is 0.176. The van der Waals surface area contributed by atoms with E-state index in [9.17, 15) is 4.79 Å². The number of hydrogen-bond donors (Lipinski definition) is 2. The maximum Gasteiger partial charge on any atom is 0.317 e. The summed E-state index contributed by atoms with van der Waals surface area (Å²) < 4.78 is 0. The molecule has 1 aliphatic heterocycles. The summed E-state index contributed by atoms with van der Waals surface area (Å²) in [5.74, 6) is 1.04. The molecule has 1 saturated carbocycles. The van der Waals surface area contributed by atoms with Gasteiger partial charge < -0.3 is 15.2 Å². The first-order chi connectivity index (χ1) is 11.7. The van der Waals surface area contributed by atoms with Crippen LogP contribution >= 0.6 is 11.3 Å². The Bertz CT molecular complexity index is 686. The molecule has 1 unspecified atom stereocenters. The number of nitrogens with zero attached hydrogens (tertiary/aromatic N) is 3. The standard InChI is InChI=1S/C17H23N5OS/c1-11-8-19-16(24-11)15(13-2-3-13)21-17(23)22-6-4-12(5-7-22)14-9-18-10-20-14/h8-10,12-13,15H,2-7H2,1H3,(H,18,20)(H,21,23). The summed E-state index contributed by atoms with van der Waals surface area (Å²) in [6.45, 7) is 3.65. The van der Waals surface area contributed by atoms with Crippen molar-refractivity contribution >= 4 is 17.4 Å². The SMILES string of the molecule is Cc1cnc(C(NC(=O)N2CCC(c3cnc[nH]3)CC2)C2CC2)s1. The van der Waals surface area contributed by atoms with E-state index >= 15 is 0 Å². The van der Waals surface area contributed by atoms with Crippen molar-refractivity contribution in [1.82, 2.24) is 25.2 Å². The first-order valence-corrected chi connectivity index (χ1v) is 9.48. The second-order valence-corrected chi connectivity index (χ2v) is 8.11. The maximum absolute atomic E-state index is 12.7. The van der Waals surface area contributed by atoms with Crippen LogP contribution in [0.1, 0.15) is 53.2 Å². The zero-order chi connectivity index (χ0) is 16.5. The van der Waals surface area contributed by atoms with E-state index in [1.165, 1.54) is 23.4 Å². The van der Waals surface area contributed by atoms with Crippen LogP contribution in [0.25, 0.3) is 0 Å². The molecule has 1 atom stereocenters. The molecule has 2 aromatic heterocycles. The highest BCUT2D eigenvalue weighted by Gasteiger charge is 2.36. The fraction of sp³-hybridized carbons (Fsp3) is 0.588. The van der Waals surface area contributed by atoms with Gasteiger partial charge in [-0.05, 0) is 38.5 Å². The van der Waals surface area contributed by atoms with Gasteiger partial charge >= 0.3 is 6.03 Å². The van der Waals surface area contributed by atoms with Gasteiger partial charge in [0.1, 0.15) is 5.01 Å². The number of imidazole rings is 1. The largest absolute Gasteiger partial charge is 0.348 e. The van der Waals surface area contributed by atoms with Gasteiger partial charge in [-0.15, -0.1) is 11.3 Å². The van der Waals surface area contributed by atoms with Gasteiger partial charge in [-0.1, -0.05) is 0 Å². The lowest BCUT2D eigenvalue weighted by Gasteiger charge is -2.32. The summed E-state index contributed by atoms with van der Waals surface area (Å²) in [5.41, 5.74) is 1.18. The second-order valence-electron chi connectivity index (χ2n) is 6.84. The Hall–Kier alpha value is -1.89. The molecule has 2 aliphatic rings. The van der Waals surface area contributed by atoms with Crippen LogP contribution < -0.4 is 5.32 Å². The summed E-state index contributed by atoms with van der Waals surface area (Å²) in [6, 6.07) is 0.143. The second kappa shape index (κ2) is 6.55. The molecule has 1 saturated heterocycles. The predicted molar refractivity (Wildman–Crippen MR) is 93.0 cm³/mol. The number of rotatable bonds is 4. The van der Waals surface area contributed by atoms with Crippen LogP contribution in [0.2, 0.25) is 0 Å². The van der Waals surface area contributed by atoms with Crippen molar-refractivity contribution in [3.8, 4) is 0 Å². The van der Waals surface area contributed by atoms with E-state index in [1.807, 2.05) is 17.3 Å². The van der Waals surface area contributed by atoms with Crippen LogP contribution in [-0.2, 0) is 0 Å². The number of nitrogens with one attached hydrogen (secondary N) is 2. The van der Waals surface area contributed by atoms with E-state index in [2.05, 4.69) is 27.2 Å². The number of likely N-dealkylation sites (tertiary alicyclic amines) is 1. The summed E-state index contributed by atoms with van der Waals surface area (Å²) in [4.78, 5) is 27.6. The number of thiazole rings is 1. The number of piperidine rings is 1. The Labute approximate surface area is 145 Å². The van der Waals surface area contributed by atoms with Crippen LogP contribution in [0.15, 0.2) is 18.7 Å². The molecule has 3 heterocycles. The molecule has 7 heteroatoms. The molecule has 0 aromatic carbocycles. The van der Waals surface area contributed by atoms with Gasteiger partial charge in [0.2, 0.25) is 0 Å². The molecule has 24 heavy (non-hydrogen) atoms. The van der Waals surface area contributed by atoms with Gasteiger partial charge in [0.05, 0.1) is 12.4 Å². The number of urea groups is 1. The van der Waals surface area contributed by atoms with Crippen molar-refractivity contribution in [2.24, 2.45) is 5.92 Å². The Balaban J connectivity index is 1.36. The molecule has 0 bridgehead atoms. The zero-order valence-electron chi connectivity index (χ0n) is 13.9. The van der Waals surface area contributed by atoms with Gasteiger partial charge in [0.25, 0.3) is 0 Å². The third kappa shape index (κ3) is 3.31. The van der Waals surface area contributed by atoms with Crippen molar-refractivity contribution in [3.05, 3.63) is 34.3 Å². The first kappa shape index (κ1) is 15.6. The van der Waals surface area contributed by atoms with Crippen molar-refractivity contribution in [2.45, 2.75) is 44.6 Å². The van der Waals surface area contributed by atoms with E-state index in [0.717, 1.165) is 30.9 Å². The number of aromatic amines is 1. The topological polar surface area (TPSA) is 73.9 Å². The molecule has 2 amide bonds. The Kier molecular flexibility index (Phi) is 4.26. The molecular formula is C17H23N5OS. The molecule has 2 N–H and O–H groups in total. The van der Waals surface area contributed by atoms with Crippen LogP contribution in [0.4, 0.5) is 4.79 Å². The molecule has 0 spiro atoms. The van der Waals surface area contributed by atoms with Gasteiger partial charge in [-0.25, -0.2) is 14.8 Å². The molecule has 2 aromatic rings. The van der Waals surface area contributed by atoms with Gasteiger partial charge in [0.15, 0.2) is 0 Å². The monoisotopic (exact) mass is 345 g/mol. The first-order valence-electron chi connectivity index (χ1n) is 8.67. The van der Waals surface area contributed by atoms with Crippen molar-refractivity contribution in [3.63, 3.8) is 0 Å². The fourth-order valence-electron chi connectivity index (χ4n) is 3.43. The van der Waals surface area contributed by atoms with Gasteiger partial charge in [-0.3, -0.25) is 0 Å². The number of aromatic nitrogens is 3. The highest BCUT2D eigenvalue weighted by Crippen LogP contribution is 2.42. The van der Waals surface area contributed by atoms with Gasteiger partial charge in [0, 0.05) is 42.0 Å². The molecular weight excluding hydrogens is 322 g/mol. The Morgan fingerprint density at radius 1 is 1.33 bits per heavy atom. The van der Waals surface area contributed by atoms with Crippen LogP contribution in [0.5, 0.6) is 0 Å². The third-order valence-corrected chi connectivity index (χ3v) is 6.01. The quantitative estimate of drug-likeness (QED) is 0.893. The smallest absolute Gasteiger partial charge is 0.317 e. The maximum atomic E-state index is 12.7. The lowest BCUT2D eigenvalue weighted by Crippen LogP contribution is -2.45. The van der Waals surface area contributed by atoms with Crippen LogP contribution in [-0.4, -0.2) is 39.0 Å². The fourth-order valence-corrected chi connectivity index (χ4v) is 4.35. The lowest BCUT2D eigenvalue weighted by atomic mass is 9.94. The van der Waals surface area contributed by atoms with Crippen molar-refractivity contribution < 1.29 is 4.79 Å². The minimum Gasteiger partial charge on any atom is -0.348 e. The Morgan fingerprint density at radius 3 is 2.71 bits per heavy atom. The third-order valence-electron chi connectivity index (χ3n) is 5.02. The number of hydrogen-bond acceptors (Lipinski definition) is 4. The number of H-pyrrole nitrogens is 1. The van der Waals surface area contributed by atoms with E-state index in [1.54, 1.807) is 17.7 Å². The Morgan fingerprint density at radius 2 is 2.12 bits per heavy atom. The summed E-state index contributed by atoms with van der Waals surface area (Å²) in [6.07, 6.45) is 9.87. The van der Waals surface area contributed by atoms with E-state index in [-0.39, 0.29) is 12.1 Å². The van der Waals surface area contributed by atoms with E-state index in [0.29, 0.717) is 11.8 Å². The minimum atomic E-state index is 0.0582. The zero-order valence-corrected chi connectivity index (χ0v) is 14.7. The van der Waals surface area contributed by atoms with E-state index in [4.69, 9.17) is 0 Å². The summed E-state index contributed by atoms with van der Waals surface area (Å²) in [5, 5.41) is 4.29. The average molecular weight is 345 g/mol. The highest BCUT2D eigenvalue weighted by molar-refractivity contribution is 7.11. The van der Waals surface area contributed by atoms with Crippen LogP contribution in [0.3, 0.4) is 0 Å². The molecule has 6 nitrogen and oxygen atoms in total. The number of amides is 2. The predicted octanol–water partition coefficient (Wildman–Crippen LogP) is 3.21. The minimum absolute atomic E-state index is 0.0582. The van der Waals surface area contributed by atoms with Crippen molar-refractivity contribution in [2.75, 3.05) is 13.1 Å². The number of aryl methyl sites for hydroxylation is 1.